The predicted octanol–water partition coefficient (Wildman–Crippen LogP) is 1.34. The highest BCUT2D eigenvalue weighted by molar-refractivity contribution is 7.85. The lowest BCUT2D eigenvalue weighted by Gasteiger charge is -1.85. The summed E-state index contributed by atoms with van der Waals surface area (Å²) >= 11 is 0. The van der Waals surface area contributed by atoms with E-state index in [1.165, 1.54) is 0 Å². The zero-order valence-electron chi connectivity index (χ0n) is 7.97. The second kappa shape index (κ2) is 6.33. The zero-order chi connectivity index (χ0) is 11.0. The Hall–Kier alpha value is -1.14. The summed E-state index contributed by atoms with van der Waals surface area (Å²) in [5.74, 6) is 0.688. The van der Waals surface area contributed by atoms with Gasteiger partial charge in [0, 0.05) is 12.4 Å². The smallest absolute Gasteiger partial charge is 0.264 e. The van der Waals surface area contributed by atoms with Gasteiger partial charge in [0.25, 0.3) is 10.1 Å². The number of hydrogen-bond acceptors (Lipinski definition) is 3. The Labute approximate surface area is 83.6 Å². The van der Waals surface area contributed by atoms with Gasteiger partial charge in [-0.1, -0.05) is 13.5 Å². The maximum atomic E-state index is 9.79. The molecule has 0 saturated heterocycles. The lowest BCUT2D eigenvalue weighted by molar-refractivity contribution is 0.482. The van der Waals surface area contributed by atoms with Crippen molar-refractivity contribution >= 4 is 16.2 Å². The Kier molecular flexibility index (Phi) is 5.82. The molecule has 0 fully saturated rings. The second-order valence-electron chi connectivity index (χ2n) is 2.46. The molecule has 0 bridgehead atoms. The van der Waals surface area contributed by atoms with Crippen molar-refractivity contribution in [2.45, 2.75) is 13.3 Å². The predicted molar refractivity (Wildman–Crippen MR) is 55.4 cm³/mol. The molecule has 0 atom stereocenters. The highest BCUT2D eigenvalue weighted by Crippen LogP contribution is 1.86. The van der Waals surface area contributed by atoms with Gasteiger partial charge in [0.05, 0.1) is 5.75 Å². The average Bonchev–Trinajstić information content (AvgIpc) is 2.54. The number of H-pyrrole nitrogens is 1. The minimum absolute atomic E-state index is 0.132. The van der Waals surface area contributed by atoms with Crippen molar-refractivity contribution in [3.63, 3.8) is 0 Å². The Morgan fingerprint density at radius 1 is 1.71 bits per heavy atom. The lowest BCUT2D eigenvalue weighted by Crippen LogP contribution is -2.01. The maximum absolute atomic E-state index is 9.79. The molecule has 14 heavy (non-hydrogen) atoms. The minimum atomic E-state index is -3.67. The van der Waals surface area contributed by atoms with Crippen LogP contribution in [-0.2, 0) is 10.1 Å². The van der Waals surface area contributed by atoms with Gasteiger partial charge in [-0.15, -0.1) is 0 Å². The van der Waals surface area contributed by atoms with Crippen LogP contribution in [0.25, 0.3) is 6.08 Å². The van der Waals surface area contributed by atoms with Crippen LogP contribution in [0.5, 0.6) is 0 Å². The van der Waals surface area contributed by atoms with Crippen LogP contribution in [0, 0.1) is 0 Å². The van der Waals surface area contributed by atoms with Crippen molar-refractivity contribution in [1.29, 1.82) is 0 Å². The first kappa shape index (κ1) is 12.9. The highest BCUT2D eigenvalue weighted by atomic mass is 32.2. The first-order valence-corrected chi connectivity index (χ1v) is 5.67. The standard InChI is InChI=1S/C5H6N2.C3H8O3S/c1-2-5-6-3-4-7-5;1-2-3-7(4,5)6/h2-4H,1H2,(H,6,7);2-3H2,1H3,(H,4,5,6). The Bertz CT molecular complexity index is 343. The van der Waals surface area contributed by atoms with E-state index in [9.17, 15) is 8.42 Å². The van der Waals surface area contributed by atoms with Gasteiger partial charge in [-0.05, 0) is 12.5 Å². The maximum Gasteiger partial charge on any atom is 0.264 e. The van der Waals surface area contributed by atoms with E-state index >= 15 is 0 Å². The molecule has 0 unspecified atom stereocenters. The Morgan fingerprint density at radius 2 is 2.36 bits per heavy atom. The SMILES string of the molecule is C=Cc1ncc[nH]1.CCCS(=O)(=O)O. The third kappa shape index (κ3) is 7.51. The van der Waals surface area contributed by atoms with Crippen molar-refractivity contribution in [2.75, 3.05) is 5.75 Å². The topological polar surface area (TPSA) is 83.0 Å². The number of aromatic amines is 1. The van der Waals surface area contributed by atoms with Crippen LogP contribution >= 0.6 is 0 Å². The third-order valence-electron chi connectivity index (χ3n) is 1.17. The van der Waals surface area contributed by atoms with Crippen molar-refractivity contribution in [1.82, 2.24) is 9.97 Å². The summed E-state index contributed by atoms with van der Waals surface area (Å²) in [6.07, 6.45) is 5.59. The summed E-state index contributed by atoms with van der Waals surface area (Å²) in [5.41, 5.74) is 0. The third-order valence-corrected chi connectivity index (χ3v) is 2.10. The van der Waals surface area contributed by atoms with Crippen molar-refractivity contribution in [2.24, 2.45) is 0 Å². The molecule has 2 N–H and O–H groups in total. The van der Waals surface area contributed by atoms with E-state index in [4.69, 9.17) is 4.55 Å². The first-order chi connectivity index (χ1) is 6.49. The number of imidazole rings is 1. The quantitative estimate of drug-likeness (QED) is 0.750. The van der Waals surface area contributed by atoms with Crippen LogP contribution < -0.4 is 0 Å². The normalized spacial score (nSPS) is 10.1. The molecule has 0 radical (unpaired) electrons. The van der Waals surface area contributed by atoms with E-state index in [0.29, 0.717) is 6.42 Å². The van der Waals surface area contributed by atoms with Gasteiger partial charge in [0.15, 0.2) is 0 Å². The summed E-state index contributed by atoms with van der Waals surface area (Å²) in [7, 11) is -3.67. The summed E-state index contributed by atoms with van der Waals surface area (Å²) < 4.78 is 27.6. The molecule has 0 aliphatic carbocycles. The fraction of sp³-hybridized carbons (Fsp3) is 0.375. The number of rotatable bonds is 3. The monoisotopic (exact) mass is 218 g/mol. The summed E-state index contributed by atoms with van der Waals surface area (Å²) in [6.45, 7) is 5.20. The number of aromatic nitrogens is 2. The van der Waals surface area contributed by atoms with Crippen molar-refractivity contribution in [3.8, 4) is 0 Å². The molecule has 0 spiro atoms. The molecular formula is C8H14N2O3S. The van der Waals surface area contributed by atoms with Gasteiger partial charge in [-0.25, -0.2) is 4.98 Å². The molecule has 0 aliphatic rings. The molecule has 80 valence electrons. The summed E-state index contributed by atoms with van der Waals surface area (Å²) in [5, 5.41) is 0. The molecule has 5 nitrogen and oxygen atoms in total. The van der Waals surface area contributed by atoms with Gasteiger partial charge in [-0.3, -0.25) is 4.55 Å². The van der Waals surface area contributed by atoms with E-state index in [-0.39, 0.29) is 5.75 Å². The van der Waals surface area contributed by atoms with Gasteiger partial charge in [0.2, 0.25) is 0 Å². The molecule has 1 aromatic rings. The Morgan fingerprint density at radius 3 is 2.50 bits per heavy atom. The first-order valence-electron chi connectivity index (χ1n) is 4.06. The molecule has 6 heteroatoms. The van der Waals surface area contributed by atoms with Crippen LogP contribution in [-0.4, -0.2) is 28.7 Å². The molecule has 0 aliphatic heterocycles. The molecule has 1 heterocycles. The fourth-order valence-corrected chi connectivity index (χ4v) is 1.16. The van der Waals surface area contributed by atoms with Gasteiger partial charge >= 0.3 is 0 Å². The lowest BCUT2D eigenvalue weighted by atomic mass is 10.6. The van der Waals surface area contributed by atoms with Crippen LogP contribution in [0.2, 0.25) is 0 Å². The molecule has 0 aromatic carbocycles. The highest BCUT2D eigenvalue weighted by Gasteiger charge is 1.98. The molecule has 0 saturated carbocycles. The van der Waals surface area contributed by atoms with Crippen LogP contribution in [0.4, 0.5) is 0 Å². The van der Waals surface area contributed by atoms with Crippen molar-refractivity contribution < 1.29 is 13.0 Å². The van der Waals surface area contributed by atoms with Crippen LogP contribution in [0.15, 0.2) is 19.0 Å². The number of nitrogens with zero attached hydrogens (tertiary/aromatic N) is 1. The van der Waals surface area contributed by atoms with Crippen LogP contribution in [0.1, 0.15) is 19.2 Å². The van der Waals surface area contributed by atoms with E-state index in [0.717, 1.165) is 5.82 Å². The Balaban J connectivity index is 0.000000241. The van der Waals surface area contributed by atoms with Crippen LogP contribution in [0.3, 0.4) is 0 Å². The largest absolute Gasteiger partial charge is 0.345 e. The van der Waals surface area contributed by atoms with Gasteiger partial charge in [0.1, 0.15) is 5.82 Å². The van der Waals surface area contributed by atoms with Crippen molar-refractivity contribution in [3.05, 3.63) is 24.8 Å². The number of nitrogens with one attached hydrogen (secondary N) is 1. The van der Waals surface area contributed by atoms with Gasteiger partial charge < -0.3 is 4.98 Å². The zero-order valence-corrected chi connectivity index (χ0v) is 8.79. The summed E-state index contributed by atoms with van der Waals surface area (Å²) in [6, 6.07) is 0. The fourth-order valence-electron chi connectivity index (χ4n) is 0.647. The average molecular weight is 218 g/mol. The van der Waals surface area contributed by atoms with E-state index < -0.39 is 10.1 Å². The molecule has 0 amide bonds. The molecule has 1 rings (SSSR count). The van der Waals surface area contributed by atoms with E-state index in [2.05, 4.69) is 16.5 Å². The van der Waals surface area contributed by atoms with Gasteiger partial charge in [-0.2, -0.15) is 8.42 Å². The van der Waals surface area contributed by atoms with E-state index in [1.54, 1.807) is 25.4 Å². The summed E-state index contributed by atoms with van der Waals surface area (Å²) in [4.78, 5) is 6.72. The number of hydrogen-bond donors (Lipinski definition) is 2. The van der Waals surface area contributed by atoms with E-state index in [1.807, 2.05) is 0 Å². The second-order valence-corrected chi connectivity index (χ2v) is 4.04. The molecular weight excluding hydrogens is 204 g/mol. The molecule has 1 aromatic heterocycles. The minimum Gasteiger partial charge on any atom is -0.345 e.